The van der Waals surface area contributed by atoms with E-state index in [0.717, 1.165) is 5.56 Å². The Hall–Kier alpha value is -3.50. The van der Waals surface area contributed by atoms with Gasteiger partial charge in [0, 0.05) is 12.0 Å². The van der Waals surface area contributed by atoms with Crippen molar-refractivity contribution in [1.82, 2.24) is 10.6 Å². The average Bonchev–Trinajstić information content (AvgIpc) is 3.56. The van der Waals surface area contributed by atoms with Gasteiger partial charge in [0.05, 0.1) is 11.1 Å². The highest BCUT2D eigenvalue weighted by Crippen LogP contribution is 2.34. The maximum absolute atomic E-state index is 13.0. The fourth-order valence-electron chi connectivity index (χ4n) is 3.33. The van der Waals surface area contributed by atoms with Crippen molar-refractivity contribution in [3.63, 3.8) is 0 Å². The van der Waals surface area contributed by atoms with Crippen LogP contribution in [0.25, 0.3) is 0 Å². The Labute approximate surface area is 191 Å². The average molecular weight is 452 g/mol. The van der Waals surface area contributed by atoms with Crippen LogP contribution in [0.3, 0.4) is 0 Å². The molecule has 2 N–H and O–H groups in total. The van der Waals surface area contributed by atoms with Gasteiger partial charge in [0.25, 0.3) is 5.91 Å². The maximum atomic E-state index is 13.0. The molecule has 0 radical (unpaired) electrons. The zero-order valence-corrected chi connectivity index (χ0v) is 18.0. The summed E-state index contributed by atoms with van der Waals surface area (Å²) in [7, 11) is 0. The van der Waals surface area contributed by atoms with Crippen molar-refractivity contribution in [2.45, 2.75) is 30.8 Å². The minimum Gasteiger partial charge on any atom is -0.490 e. The molecule has 32 heavy (non-hydrogen) atoms. The van der Waals surface area contributed by atoms with Crippen LogP contribution in [0.15, 0.2) is 54.6 Å². The minimum absolute atomic E-state index is 0.204. The zero-order valence-electron chi connectivity index (χ0n) is 17.3. The number of fused-ring (bicyclic) bond motifs is 9. The molecule has 2 aromatic carbocycles. The largest absolute Gasteiger partial charge is 0.490 e. The molecule has 8 heteroatoms. The number of nitrogens with one attached hydrogen (secondary N) is 2. The Balaban J connectivity index is 1.63. The molecule has 7 nitrogen and oxygen atoms in total. The van der Waals surface area contributed by atoms with E-state index >= 15 is 0 Å². The molecule has 1 aliphatic carbocycles. The van der Waals surface area contributed by atoms with Gasteiger partial charge in [-0.25, -0.2) is 0 Å². The van der Waals surface area contributed by atoms with Crippen molar-refractivity contribution in [3.8, 4) is 17.6 Å². The fraction of sp³-hybridized carbons (Fsp3) is 0.292. The number of halogens is 1. The summed E-state index contributed by atoms with van der Waals surface area (Å²) in [6, 6.07) is 13.2. The van der Waals surface area contributed by atoms with E-state index in [1.807, 2.05) is 12.2 Å². The lowest BCUT2D eigenvalue weighted by Gasteiger charge is -2.21. The third-order valence-electron chi connectivity index (χ3n) is 5.33. The van der Waals surface area contributed by atoms with E-state index in [1.54, 1.807) is 42.5 Å². The highest BCUT2D eigenvalue weighted by atomic mass is 35.5. The molecule has 0 saturated heterocycles. The Kier molecular flexibility index (Phi) is 6.33. The lowest BCUT2D eigenvalue weighted by molar-refractivity contribution is -0.123. The van der Waals surface area contributed by atoms with Crippen LogP contribution >= 0.6 is 11.6 Å². The monoisotopic (exact) mass is 451 g/mol. The van der Waals surface area contributed by atoms with Gasteiger partial charge in [0.2, 0.25) is 5.91 Å². The molecule has 2 heterocycles. The Bertz CT molecular complexity index is 1100. The van der Waals surface area contributed by atoms with Crippen molar-refractivity contribution in [2.75, 3.05) is 13.2 Å². The van der Waals surface area contributed by atoms with Crippen molar-refractivity contribution in [3.05, 3.63) is 70.8 Å². The molecule has 2 aromatic rings. The molecular weight excluding hydrogens is 430 g/mol. The van der Waals surface area contributed by atoms with Crippen LogP contribution < -0.4 is 20.1 Å². The molecule has 1 saturated carbocycles. The number of hydrogen-bond acceptors (Lipinski definition) is 5. The first-order valence-electron chi connectivity index (χ1n) is 10.3. The minimum atomic E-state index is -0.891. The molecule has 4 bridgehead atoms. The molecular formula is C24H22ClN3O4. The molecule has 3 aliphatic rings. The predicted octanol–water partition coefficient (Wildman–Crippen LogP) is 3.18. The van der Waals surface area contributed by atoms with E-state index in [9.17, 15) is 14.9 Å². The highest BCUT2D eigenvalue weighted by molar-refractivity contribution is 6.32. The van der Waals surface area contributed by atoms with Gasteiger partial charge in [0.15, 0.2) is 0 Å². The highest BCUT2D eigenvalue weighted by Gasteiger charge is 2.45. The lowest BCUT2D eigenvalue weighted by Crippen LogP contribution is -2.51. The van der Waals surface area contributed by atoms with Gasteiger partial charge >= 0.3 is 0 Å². The molecule has 0 unspecified atom stereocenters. The number of carbonyl (C=O) groups is 2. The van der Waals surface area contributed by atoms with E-state index in [-0.39, 0.29) is 6.42 Å². The number of nitriles is 1. The molecule has 0 aromatic heterocycles. The Morgan fingerprint density at radius 1 is 1.16 bits per heavy atom. The first kappa shape index (κ1) is 21.7. The van der Waals surface area contributed by atoms with Gasteiger partial charge in [0.1, 0.15) is 36.3 Å². The van der Waals surface area contributed by atoms with Gasteiger partial charge < -0.3 is 20.1 Å². The van der Waals surface area contributed by atoms with Crippen LogP contribution in [0, 0.1) is 11.3 Å². The number of amides is 2. The molecule has 5 rings (SSSR count). The second-order valence-corrected chi connectivity index (χ2v) is 8.21. The third kappa shape index (κ3) is 5.21. The number of rotatable bonds is 2. The summed E-state index contributed by atoms with van der Waals surface area (Å²) < 4.78 is 11.3. The normalized spacial score (nSPS) is 20.5. The molecule has 0 spiro atoms. The van der Waals surface area contributed by atoms with Crippen LogP contribution in [-0.4, -0.2) is 36.6 Å². The summed E-state index contributed by atoms with van der Waals surface area (Å²) in [4.78, 5) is 25.9. The molecule has 2 amide bonds. The molecule has 164 valence electrons. The van der Waals surface area contributed by atoms with Crippen LogP contribution in [0.5, 0.6) is 11.5 Å². The van der Waals surface area contributed by atoms with E-state index < -0.39 is 23.4 Å². The topological polar surface area (TPSA) is 100 Å². The molecule has 1 fully saturated rings. The van der Waals surface area contributed by atoms with Crippen molar-refractivity contribution < 1.29 is 19.1 Å². The van der Waals surface area contributed by atoms with Gasteiger partial charge in [-0.3, -0.25) is 9.59 Å². The summed E-state index contributed by atoms with van der Waals surface area (Å²) >= 11 is 6.36. The third-order valence-corrected chi connectivity index (χ3v) is 5.62. The number of ether oxygens (including phenoxy) is 2. The number of hydrogen-bond donors (Lipinski definition) is 2. The van der Waals surface area contributed by atoms with Crippen LogP contribution in [0.4, 0.5) is 0 Å². The van der Waals surface area contributed by atoms with Gasteiger partial charge in [-0.15, -0.1) is 0 Å². The van der Waals surface area contributed by atoms with Gasteiger partial charge in [-0.1, -0.05) is 23.7 Å². The Morgan fingerprint density at radius 3 is 2.66 bits per heavy atom. The van der Waals surface area contributed by atoms with Crippen LogP contribution in [0.2, 0.25) is 5.02 Å². The second-order valence-electron chi connectivity index (χ2n) is 7.80. The van der Waals surface area contributed by atoms with Gasteiger partial charge in [-0.05, 0) is 60.9 Å². The van der Waals surface area contributed by atoms with Gasteiger partial charge in [-0.2, -0.15) is 5.26 Å². The number of benzene rings is 2. The van der Waals surface area contributed by atoms with E-state index in [4.69, 9.17) is 21.1 Å². The zero-order chi connectivity index (χ0) is 22.6. The molecule has 2 aliphatic heterocycles. The molecule has 1 atom stereocenters. The van der Waals surface area contributed by atoms with Crippen LogP contribution in [0.1, 0.15) is 28.8 Å². The SMILES string of the molecule is N#CC1(NC(=O)[C@@H]2Cc3ccc(c(Cl)c3)OC/C=C\COc3cccc(c3)C(=O)N2)CC1. The summed E-state index contributed by atoms with van der Waals surface area (Å²) in [5.74, 6) is 0.222. The lowest BCUT2D eigenvalue weighted by atomic mass is 10.0. The van der Waals surface area contributed by atoms with Crippen molar-refractivity contribution >= 4 is 23.4 Å². The fourth-order valence-corrected chi connectivity index (χ4v) is 3.59. The summed E-state index contributed by atoms with van der Waals surface area (Å²) in [5, 5.41) is 15.3. The first-order valence-corrected chi connectivity index (χ1v) is 10.7. The van der Waals surface area contributed by atoms with E-state index in [1.165, 1.54) is 0 Å². The summed E-state index contributed by atoms with van der Waals surface area (Å²) in [6.07, 6.45) is 5.04. The quantitative estimate of drug-likeness (QED) is 0.683. The van der Waals surface area contributed by atoms with Crippen molar-refractivity contribution in [1.29, 1.82) is 5.26 Å². The predicted molar refractivity (Wildman–Crippen MR) is 119 cm³/mol. The van der Waals surface area contributed by atoms with Crippen LogP contribution in [-0.2, 0) is 11.2 Å². The summed E-state index contributed by atoms with van der Waals surface area (Å²) in [5.41, 5.74) is 0.277. The standard InChI is InChI=1S/C24H22ClN3O4/c25-19-12-16-6-7-21(19)32-11-2-1-10-31-18-5-3-4-17(14-18)22(29)27-20(13-16)23(30)28-24(15-26)8-9-24/h1-7,12,14,20H,8-11,13H2,(H,27,29)(H,28,30)/b2-1-/t20-/m0/s1. The number of nitrogens with zero attached hydrogens (tertiary/aromatic N) is 1. The maximum Gasteiger partial charge on any atom is 0.252 e. The Morgan fingerprint density at radius 2 is 1.94 bits per heavy atom. The smallest absolute Gasteiger partial charge is 0.252 e. The van der Waals surface area contributed by atoms with Crippen molar-refractivity contribution in [2.24, 2.45) is 0 Å². The van der Waals surface area contributed by atoms with E-state index in [2.05, 4.69) is 16.7 Å². The second kappa shape index (κ2) is 9.33. The van der Waals surface area contributed by atoms with E-state index in [0.29, 0.717) is 48.1 Å². The number of carbonyl (C=O) groups excluding carboxylic acids is 2. The first-order chi connectivity index (χ1) is 15.5. The summed E-state index contributed by atoms with van der Waals surface area (Å²) in [6.45, 7) is 0.631.